The zero-order valence-electron chi connectivity index (χ0n) is 7.96. The molecule has 72 valence electrons. The third-order valence-corrected chi connectivity index (χ3v) is 2.98. The predicted molar refractivity (Wildman–Crippen MR) is 53.4 cm³/mol. The molecule has 1 saturated heterocycles. The van der Waals surface area contributed by atoms with Crippen molar-refractivity contribution in [3.8, 4) is 0 Å². The number of ether oxygens (including phenoxy) is 1. The molecule has 1 fully saturated rings. The molecule has 0 aromatic carbocycles. The number of hydrogen-bond acceptors (Lipinski definition) is 2. The number of fused-ring (bicyclic) bond motifs is 1. The van der Waals surface area contributed by atoms with Crippen LogP contribution in [0.3, 0.4) is 0 Å². The highest BCUT2D eigenvalue weighted by atomic mass is 16.5. The molecule has 1 aliphatic carbocycles. The standard InChI is InChI=1S/C11H17NO/c1-2-11-6-5-9-3-4-10(9)7-13-8-12-11/h2-3,10-12H,1,4-8H2. The maximum atomic E-state index is 5.52. The van der Waals surface area contributed by atoms with Crippen LogP contribution >= 0.6 is 0 Å². The summed E-state index contributed by atoms with van der Waals surface area (Å²) in [5, 5.41) is 3.31. The number of rotatable bonds is 1. The summed E-state index contributed by atoms with van der Waals surface area (Å²) < 4.78 is 5.52. The van der Waals surface area contributed by atoms with E-state index in [1.54, 1.807) is 5.57 Å². The Morgan fingerprint density at radius 2 is 2.54 bits per heavy atom. The van der Waals surface area contributed by atoms with Crippen LogP contribution in [0.15, 0.2) is 24.3 Å². The van der Waals surface area contributed by atoms with Gasteiger partial charge in [0.15, 0.2) is 0 Å². The quantitative estimate of drug-likeness (QED) is 0.620. The third-order valence-electron chi connectivity index (χ3n) is 2.98. The van der Waals surface area contributed by atoms with E-state index in [1.807, 2.05) is 6.08 Å². The van der Waals surface area contributed by atoms with Crippen LogP contribution in [0.1, 0.15) is 19.3 Å². The summed E-state index contributed by atoms with van der Waals surface area (Å²) in [5.74, 6) is 0.713. The fourth-order valence-corrected chi connectivity index (χ4v) is 1.93. The number of nitrogens with one attached hydrogen (secondary N) is 1. The number of hydrogen-bond donors (Lipinski definition) is 1. The molecule has 1 aliphatic heterocycles. The Hall–Kier alpha value is -0.600. The monoisotopic (exact) mass is 179 g/mol. The van der Waals surface area contributed by atoms with Crippen LogP contribution in [0.5, 0.6) is 0 Å². The van der Waals surface area contributed by atoms with Gasteiger partial charge < -0.3 is 4.74 Å². The fourth-order valence-electron chi connectivity index (χ4n) is 1.93. The van der Waals surface area contributed by atoms with Crippen LogP contribution in [0.4, 0.5) is 0 Å². The summed E-state index contributed by atoms with van der Waals surface area (Å²) in [6.07, 6.45) is 7.91. The van der Waals surface area contributed by atoms with E-state index in [4.69, 9.17) is 4.74 Å². The molecule has 2 unspecified atom stereocenters. The molecule has 13 heavy (non-hydrogen) atoms. The Morgan fingerprint density at radius 3 is 3.23 bits per heavy atom. The molecule has 2 heteroatoms. The van der Waals surface area contributed by atoms with Gasteiger partial charge in [0.1, 0.15) is 0 Å². The molecule has 1 N–H and O–H groups in total. The van der Waals surface area contributed by atoms with Crippen molar-refractivity contribution in [2.45, 2.75) is 25.3 Å². The first kappa shape index (κ1) is 8.97. The molecule has 0 saturated carbocycles. The van der Waals surface area contributed by atoms with Crippen molar-refractivity contribution < 1.29 is 4.74 Å². The highest BCUT2D eigenvalue weighted by molar-refractivity contribution is 5.18. The largest absolute Gasteiger partial charge is 0.366 e. The van der Waals surface area contributed by atoms with Gasteiger partial charge in [0.25, 0.3) is 0 Å². The second-order valence-corrected chi connectivity index (χ2v) is 3.81. The first-order chi connectivity index (χ1) is 6.40. The Kier molecular flexibility index (Phi) is 2.81. The minimum Gasteiger partial charge on any atom is -0.366 e. The molecule has 2 rings (SSSR count). The van der Waals surface area contributed by atoms with Crippen molar-refractivity contribution in [1.82, 2.24) is 5.32 Å². The molecule has 0 spiro atoms. The smallest absolute Gasteiger partial charge is 0.0970 e. The van der Waals surface area contributed by atoms with Crippen LogP contribution in [0, 0.1) is 5.92 Å². The van der Waals surface area contributed by atoms with E-state index < -0.39 is 0 Å². The Labute approximate surface area is 79.7 Å². The molecule has 0 amide bonds. The summed E-state index contributed by atoms with van der Waals surface area (Å²) >= 11 is 0. The molecule has 1 heterocycles. The van der Waals surface area contributed by atoms with Crippen molar-refractivity contribution in [1.29, 1.82) is 0 Å². The van der Waals surface area contributed by atoms with Gasteiger partial charge in [0, 0.05) is 12.0 Å². The van der Waals surface area contributed by atoms with E-state index in [-0.39, 0.29) is 0 Å². The summed E-state index contributed by atoms with van der Waals surface area (Å²) in [7, 11) is 0. The average Bonchev–Trinajstić information content (AvgIpc) is 2.17. The van der Waals surface area contributed by atoms with E-state index >= 15 is 0 Å². The van der Waals surface area contributed by atoms with Gasteiger partial charge >= 0.3 is 0 Å². The van der Waals surface area contributed by atoms with Crippen molar-refractivity contribution >= 4 is 0 Å². The first-order valence-corrected chi connectivity index (χ1v) is 5.03. The molecular weight excluding hydrogens is 162 g/mol. The SMILES string of the molecule is C=CC1CCC2=CCC2COCN1. The molecule has 0 aromatic heterocycles. The second kappa shape index (κ2) is 4.07. The summed E-state index contributed by atoms with van der Waals surface area (Å²) in [5.41, 5.74) is 1.59. The minimum atomic E-state index is 0.417. The van der Waals surface area contributed by atoms with Gasteiger partial charge in [-0.1, -0.05) is 17.7 Å². The Balaban J connectivity index is 1.93. The Bertz CT molecular complexity index is 222. The topological polar surface area (TPSA) is 21.3 Å². The summed E-state index contributed by atoms with van der Waals surface area (Å²) in [6, 6.07) is 0.417. The van der Waals surface area contributed by atoms with E-state index in [0.717, 1.165) is 13.0 Å². The van der Waals surface area contributed by atoms with E-state index in [2.05, 4.69) is 18.0 Å². The van der Waals surface area contributed by atoms with Crippen molar-refractivity contribution in [2.75, 3.05) is 13.3 Å². The lowest BCUT2D eigenvalue weighted by molar-refractivity contribution is 0.0900. The number of allylic oxidation sites excluding steroid dienone is 1. The van der Waals surface area contributed by atoms with Gasteiger partial charge in [0.05, 0.1) is 13.3 Å². The minimum absolute atomic E-state index is 0.417. The van der Waals surface area contributed by atoms with E-state index in [0.29, 0.717) is 18.7 Å². The van der Waals surface area contributed by atoms with E-state index in [1.165, 1.54) is 12.8 Å². The molecule has 2 atom stereocenters. The van der Waals surface area contributed by atoms with Gasteiger partial charge in [0.2, 0.25) is 0 Å². The van der Waals surface area contributed by atoms with Crippen LogP contribution in [-0.2, 0) is 4.74 Å². The fraction of sp³-hybridized carbons (Fsp3) is 0.636. The molecule has 2 aliphatic rings. The van der Waals surface area contributed by atoms with Gasteiger partial charge in [-0.05, 0) is 19.3 Å². The highest BCUT2D eigenvalue weighted by Crippen LogP contribution is 2.31. The molecule has 2 nitrogen and oxygen atoms in total. The molecule has 0 radical (unpaired) electrons. The lowest BCUT2D eigenvalue weighted by Gasteiger charge is -2.26. The summed E-state index contributed by atoms with van der Waals surface area (Å²) in [6.45, 7) is 5.37. The Morgan fingerprint density at radius 1 is 1.62 bits per heavy atom. The maximum absolute atomic E-state index is 5.52. The molecular formula is C11H17NO. The van der Waals surface area contributed by atoms with Gasteiger partial charge in [-0.25, -0.2) is 0 Å². The summed E-state index contributed by atoms with van der Waals surface area (Å²) in [4.78, 5) is 0. The zero-order valence-corrected chi connectivity index (χ0v) is 7.96. The highest BCUT2D eigenvalue weighted by Gasteiger charge is 2.22. The van der Waals surface area contributed by atoms with Crippen LogP contribution in [0.2, 0.25) is 0 Å². The van der Waals surface area contributed by atoms with Crippen molar-refractivity contribution in [3.63, 3.8) is 0 Å². The van der Waals surface area contributed by atoms with Gasteiger partial charge in [-0.2, -0.15) is 0 Å². The predicted octanol–water partition coefficient (Wildman–Crippen LogP) is 1.84. The normalized spacial score (nSPS) is 34.3. The van der Waals surface area contributed by atoms with E-state index in [9.17, 15) is 0 Å². The van der Waals surface area contributed by atoms with Crippen molar-refractivity contribution in [2.24, 2.45) is 5.92 Å². The molecule has 0 aromatic rings. The van der Waals surface area contributed by atoms with Gasteiger partial charge in [-0.3, -0.25) is 5.32 Å². The third kappa shape index (κ3) is 2.01. The zero-order chi connectivity index (χ0) is 9.10. The van der Waals surface area contributed by atoms with Crippen LogP contribution in [-0.4, -0.2) is 19.4 Å². The van der Waals surface area contributed by atoms with Crippen LogP contribution < -0.4 is 5.32 Å². The average molecular weight is 179 g/mol. The lowest BCUT2D eigenvalue weighted by Crippen LogP contribution is -2.28. The second-order valence-electron chi connectivity index (χ2n) is 3.81. The van der Waals surface area contributed by atoms with Gasteiger partial charge in [-0.15, -0.1) is 6.58 Å². The maximum Gasteiger partial charge on any atom is 0.0970 e. The lowest BCUT2D eigenvalue weighted by atomic mass is 9.82. The van der Waals surface area contributed by atoms with Crippen molar-refractivity contribution in [3.05, 3.63) is 24.3 Å². The first-order valence-electron chi connectivity index (χ1n) is 5.03. The molecule has 0 bridgehead atoms. The van der Waals surface area contributed by atoms with Crippen LogP contribution in [0.25, 0.3) is 0 Å².